The lowest BCUT2D eigenvalue weighted by atomic mass is 10.1. The third-order valence-electron chi connectivity index (χ3n) is 4.19. The highest BCUT2D eigenvalue weighted by Gasteiger charge is 2.26. The molecule has 0 radical (unpaired) electrons. The Morgan fingerprint density at radius 1 is 1.17 bits per heavy atom. The Labute approximate surface area is 141 Å². The lowest BCUT2D eigenvalue weighted by molar-refractivity contribution is -0.118. The molecule has 2 amide bonds. The van der Waals surface area contributed by atoms with E-state index in [2.05, 4.69) is 5.32 Å². The summed E-state index contributed by atoms with van der Waals surface area (Å²) in [6.07, 6.45) is 0.385. The number of ether oxygens (including phenoxy) is 1. The minimum absolute atomic E-state index is 0.0372. The van der Waals surface area contributed by atoms with Crippen molar-refractivity contribution >= 4 is 17.5 Å². The molecule has 1 N–H and O–H groups in total. The van der Waals surface area contributed by atoms with Gasteiger partial charge in [-0.1, -0.05) is 37.3 Å². The van der Waals surface area contributed by atoms with Gasteiger partial charge >= 0.3 is 0 Å². The van der Waals surface area contributed by atoms with Crippen LogP contribution in [0.3, 0.4) is 0 Å². The molecule has 1 atom stereocenters. The molecule has 0 aliphatic carbocycles. The number of amides is 2. The molecular weight excluding hydrogens is 304 g/mol. The Morgan fingerprint density at radius 3 is 2.67 bits per heavy atom. The monoisotopic (exact) mass is 324 g/mol. The zero-order valence-electron chi connectivity index (χ0n) is 13.8. The van der Waals surface area contributed by atoms with E-state index in [1.807, 2.05) is 30.3 Å². The van der Waals surface area contributed by atoms with Crippen molar-refractivity contribution in [3.05, 3.63) is 59.7 Å². The van der Waals surface area contributed by atoms with Crippen LogP contribution in [0.4, 0.5) is 5.69 Å². The molecule has 24 heavy (non-hydrogen) atoms. The lowest BCUT2D eigenvalue weighted by Gasteiger charge is -2.20. The van der Waals surface area contributed by atoms with Gasteiger partial charge in [-0.05, 0) is 18.2 Å². The number of carbonyl (C=O) groups is 2. The van der Waals surface area contributed by atoms with Crippen LogP contribution in [0.25, 0.3) is 0 Å². The first kappa shape index (κ1) is 16.1. The van der Waals surface area contributed by atoms with Crippen LogP contribution in [0.15, 0.2) is 48.5 Å². The van der Waals surface area contributed by atoms with Gasteiger partial charge in [-0.3, -0.25) is 9.59 Å². The van der Waals surface area contributed by atoms with E-state index in [9.17, 15) is 9.59 Å². The van der Waals surface area contributed by atoms with Crippen LogP contribution in [0.1, 0.15) is 35.3 Å². The van der Waals surface area contributed by atoms with Crippen molar-refractivity contribution in [3.8, 4) is 5.75 Å². The number of rotatable bonds is 4. The van der Waals surface area contributed by atoms with Gasteiger partial charge in [0.15, 0.2) is 0 Å². The Hall–Kier alpha value is -2.82. The zero-order valence-corrected chi connectivity index (χ0v) is 13.8. The summed E-state index contributed by atoms with van der Waals surface area (Å²) in [5.41, 5.74) is 2.06. The van der Waals surface area contributed by atoms with E-state index in [1.165, 1.54) is 4.90 Å². The molecule has 5 nitrogen and oxygen atoms in total. The second kappa shape index (κ2) is 6.74. The van der Waals surface area contributed by atoms with Crippen LogP contribution in [0, 0.1) is 0 Å². The number of nitrogens with zero attached hydrogens (tertiary/aromatic N) is 1. The van der Waals surface area contributed by atoms with Crippen LogP contribution in [0.5, 0.6) is 5.75 Å². The molecular formula is C19H20N2O3. The molecule has 0 saturated carbocycles. The summed E-state index contributed by atoms with van der Waals surface area (Å²) in [7, 11) is 1.69. The highest BCUT2D eigenvalue weighted by atomic mass is 16.5. The van der Waals surface area contributed by atoms with Gasteiger partial charge in [-0.15, -0.1) is 0 Å². The van der Waals surface area contributed by atoms with E-state index in [0.717, 1.165) is 11.3 Å². The first-order valence-electron chi connectivity index (χ1n) is 8.00. The molecule has 0 fully saturated rings. The van der Waals surface area contributed by atoms with Crippen molar-refractivity contribution in [2.75, 3.05) is 18.6 Å². The van der Waals surface area contributed by atoms with Crippen LogP contribution in [-0.2, 0) is 4.79 Å². The quantitative estimate of drug-likeness (QED) is 0.941. The van der Waals surface area contributed by atoms with Gasteiger partial charge < -0.3 is 15.0 Å². The van der Waals surface area contributed by atoms with Crippen molar-refractivity contribution in [3.63, 3.8) is 0 Å². The van der Waals surface area contributed by atoms with Crippen molar-refractivity contribution < 1.29 is 14.3 Å². The van der Waals surface area contributed by atoms with Crippen molar-refractivity contribution in [1.82, 2.24) is 5.32 Å². The molecule has 2 aromatic rings. The molecule has 0 saturated heterocycles. The Kier molecular flexibility index (Phi) is 4.51. The normalized spacial score (nSPS) is 15.3. The molecule has 0 bridgehead atoms. The Bertz CT molecular complexity index is 773. The maximum absolute atomic E-state index is 12.7. The van der Waals surface area contributed by atoms with Crippen molar-refractivity contribution in [2.24, 2.45) is 0 Å². The smallest absolute Gasteiger partial charge is 0.254 e. The SMILES string of the molecule is CCC(=O)N(C)c1ccccc1C(=O)N[C@@H]1COc2ccccc21. The summed E-state index contributed by atoms with van der Waals surface area (Å²) < 4.78 is 5.60. The van der Waals surface area contributed by atoms with Crippen LogP contribution < -0.4 is 15.0 Å². The summed E-state index contributed by atoms with van der Waals surface area (Å²) in [5, 5.41) is 3.00. The van der Waals surface area contributed by atoms with E-state index < -0.39 is 0 Å². The molecule has 1 heterocycles. The largest absolute Gasteiger partial charge is 0.491 e. The van der Waals surface area contributed by atoms with Crippen LogP contribution >= 0.6 is 0 Å². The van der Waals surface area contributed by atoms with Gasteiger partial charge in [0.1, 0.15) is 12.4 Å². The summed E-state index contributed by atoms with van der Waals surface area (Å²) in [4.78, 5) is 26.2. The van der Waals surface area contributed by atoms with E-state index >= 15 is 0 Å². The second-order valence-electron chi connectivity index (χ2n) is 5.70. The highest BCUT2D eigenvalue weighted by molar-refractivity contribution is 6.04. The second-order valence-corrected chi connectivity index (χ2v) is 5.70. The number of benzene rings is 2. The number of fused-ring (bicyclic) bond motifs is 1. The van der Waals surface area contributed by atoms with Gasteiger partial charge in [-0.2, -0.15) is 0 Å². The summed E-state index contributed by atoms with van der Waals surface area (Å²) in [6, 6.07) is 14.6. The first-order valence-corrected chi connectivity index (χ1v) is 8.00. The summed E-state index contributed by atoms with van der Waals surface area (Å²) in [6.45, 7) is 2.21. The van der Waals surface area contributed by atoms with Crippen LogP contribution in [0.2, 0.25) is 0 Å². The molecule has 5 heteroatoms. The fourth-order valence-corrected chi connectivity index (χ4v) is 2.85. The van der Waals surface area contributed by atoms with E-state index in [0.29, 0.717) is 24.3 Å². The fourth-order valence-electron chi connectivity index (χ4n) is 2.85. The van der Waals surface area contributed by atoms with Gasteiger partial charge in [-0.25, -0.2) is 0 Å². The third-order valence-corrected chi connectivity index (χ3v) is 4.19. The summed E-state index contributed by atoms with van der Waals surface area (Å²) >= 11 is 0. The van der Waals surface area contributed by atoms with Gasteiger partial charge in [0.05, 0.1) is 17.3 Å². The lowest BCUT2D eigenvalue weighted by Crippen LogP contribution is -2.32. The standard InChI is InChI=1S/C19H20N2O3/c1-3-18(22)21(2)16-10-6-4-9-14(16)19(23)20-15-12-24-17-11-7-5-8-13(15)17/h4-11,15H,3,12H2,1-2H3,(H,20,23)/t15-/m1/s1. The number of carbonyl (C=O) groups excluding carboxylic acids is 2. The van der Waals surface area contributed by atoms with E-state index in [1.54, 1.807) is 32.2 Å². The Morgan fingerprint density at radius 2 is 1.88 bits per heavy atom. The molecule has 3 rings (SSSR count). The molecule has 124 valence electrons. The minimum atomic E-state index is -0.216. The van der Waals surface area contributed by atoms with Crippen molar-refractivity contribution in [1.29, 1.82) is 0 Å². The van der Waals surface area contributed by atoms with E-state index in [-0.39, 0.29) is 17.9 Å². The predicted octanol–water partition coefficient (Wildman–Crippen LogP) is 2.92. The zero-order chi connectivity index (χ0) is 17.1. The highest BCUT2D eigenvalue weighted by Crippen LogP contribution is 2.32. The Balaban J connectivity index is 1.83. The molecule has 0 unspecified atom stereocenters. The number of nitrogens with one attached hydrogen (secondary N) is 1. The van der Waals surface area contributed by atoms with Gasteiger partial charge in [0.25, 0.3) is 5.91 Å². The number of hydrogen-bond donors (Lipinski definition) is 1. The van der Waals surface area contributed by atoms with Gasteiger partial charge in [0.2, 0.25) is 5.91 Å². The topological polar surface area (TPSA) is 58.6 Å². The third kappa shape index (κ3) is 2.97. The molecule has 2 aromatic carbocycles. The minimum Gasteiger partial charge on any atom is -0.491 e. The molecule has 0 aromatic heterocycles. The van der Waals surface area contributed by atoms with Crippen LogP contribution in [-0.4, -0.2) is 25.5 Å². The molecule has 0 spiro atoms. The first-order chi connectivity index (χ1) is 11.6. The maximum atomic E-state index is 12.7. The maximum Gasteiger partial charge on any atom is 0.254 e. The number of anilines is 1. The average molecular weight is 324 g/mol. The molecule has 1 aliphatic rings. The number of para-hydroxylation sites is 2. The van der Waals surface area contributed by atoms with E-state index in [4.69, 9.17) is 4.74 Å². The predicted molar refractivity (Wildman–Crippen MR) is 92.3 cm³/mol. The number of hydrogen-bond acceptors (Lipinski definition) is 3. The average Bonchev–Trinajstić information content (AvgIpc) is 3.03. The fraction of sp³-hybridized carbons (Fsp3) is 0.263. The summed E-state index contributed by atoms with van der Waals surface area (Å²) in [5.74, 6) is 0.547. The molecule has 1 aliphatic heterocycles. The van der Waals surface area contributed by atoms with Crippen molar-refractivity contribution in [2.45, 2.75) is 19.4 Å². The van der Waals surface area contributed by atoms with Gasteiger partial charge in [0, 0.05) is 19.0 Å².